The third-order valence-corrected chi connectivity index (χ3v) is 4.20. The van der Waals surface area contributed by atoms with Crippen molar-refractivity contribution in [1.29, 1.82) is 0 Å². The fourth-order valence-corrected chi connectivity index (χ4v) is 2.85. The van der Waals surface area contributed by atoms with E-state index in [4.69, 9.17) is 4.42 Å². The van der Waals surface area contributed by atoms with Crippen molar-refractivity contribution in [2.45, 2.75) is 31.0 Å². The Morgan fingerprint density at radius 3 is 2.76 bits per heavy atom. The van der Waals surface area contributed by atoms with Crippen LogP contribution >= 0.6 is 11.8 Å². The zero-order valence-electron chi connectivity index (χ0n) is 11.9. The highest BCUT2D eigenvalue weighted by molar-refractivity contribution is 7.99. The Morgan fingerprint density at radius 2 is 2.10 bits per heavy atom. The molecule has 21 heavy (non-hydrogen) atoms. The number of rotatable bonds is 6. The van der Waals surface area contributed by atoms with E-state index in [2.05, 4.69) is 10.2 Å². The molecule has 1 aromatic heterocycles. The SMILES string of the molecule is CCN(C(=O)CSc1nnc(-c2ccccc2)o1)C1CC1. The van der Waals surface area contributed by atoms with Gasteiger partial charge in [-0.2, -0.15) is 0 Å². The Morgan fingerprint density at radius 1 is 1.33 bits per heavy atom. The average Bonchev–Trinajstić information content (AvgIpc) is 3.24. The number of thioether (sulfide) groups is 1. The summed E-state index contributed by atoms with van der Waals surface area (Å²) in [6.07, 6.45) is 2.26. The van der Waals surface area contributed by atoms with E-state index in [-0.39, 0.29) is 5.91 Å². The number of aromatic nitrogens is 2. The maximum Gasteiger partial charge on any atom is 0.277 e. The molecule has 6 heteroatoms. The molecule has 0 radical (unpaired) electrons. The molecule has 0 bridgehead atoms. The molecule has 1 heterocycles. The third kappa shape index (κ3) is 3.44. The molecule has 0 aliphatic heterocycles. The minimum Gasteiger partial charge on any atom is -0.411 e. The summed E-state index contributed by atoms with van der Waals surface area (Å²) in [6, 6.07) is 10.1. The van der Waals surface area contributed by atoms with Crippen molar-refractivity contribution in [2.75, 3.05) is 12.3 Å². The summed E-state index contributed by atoms with van der Waals surface area (Å²) in [5.74, 6) is 0.977. The van der Waals surface area contributed by atoms with Gasteiger partial charge in [0.2, 0.25) is 11.8 Å². The molecule has 3 rings (SSSR count). The van der Waals surface area contributed by atoms with Gasteiger partial charge in [-0.25, -0.2) is 0 Å². The monoisotopic (exact) mass is 303 g/mol. The van der Waals surface area contributed by atoms with Gasteiger partial charge in [0.25, 0.3) is 5.22 Å². The standard InChI is InChI=1S/C15H17N3O2S/c1-2-18(12-8-9-12)13(19)10-21-15-17-16-14(20-15)11-6-4-3-5-7-11/h3-7,12H,2,8-10H2,1H3. The minimum atomic E-state index is 0.143. The van der Waals surface area contributed by atoms with Gasteiger partial charge in [-0.1, -0.05) is 30.0 Å². The van der Waals surface area contributed by atoms with Gasteiger partial charge < -0.3 is 9.32 Å². The molecular formula is C15H17N3O2S. The number of benzene rings is 1. The summed E-state index contributed by atoms with van der Waals surface area (Å²) in [5.41, 5.74) is 0.886. The second kappa shape index (κ2) is 6.30. The second-order valence-electron chi connectivity index (χ2n) is 4.94. The van der Waals surface area contributed by atoms with E-state index in [0.29, 0.717) is 22.9 Å². The van der Waals surface area contributed by atoms with Crippen molar-refractivity contribution in [2.24, 2.45) is 0 Å². The minimum absolute atomic E-state index is 0.143. The van der Waals surface area contributed by atoms with Gasteiger partial charge in [0.05, 0.1) is 5.75 Å². The Labute approximate surface area is 127 Å². The third-order valence-electron chi connectivity index (χ3n) is 3.39. The van der Waals surface area contributed by atoms with Crippen LogP contribution in [0.25, 0.3) is 11.5 Å². The lowest BCUT2D eigenvalue weighted by Crippen LogP contribution is -2.34. The summed E-state index contributed by atoms with van der Waals surface area (Å²) in [7, 11) is 0. The molecule has 5 nitrogen and oxygen atoms in total. The molecule has 0 spiro atoms. The number of carbonyl (C=O) groups excluding carboxylic acids is 1. The van der Waals surface area contributed by atoms with Crippen LogP contribution in [0.15, 0.2) is 40.0 Å². The summed E-state index contributed by atoms with van der Waals surface area (Å²) in [4.78, 5) is 14.1. The molecule has 110 valence electrons. The van der Waals surface area contributed by atoms with E-state index >= 15 is 0 Å². The van der Waals surface area contributed by atoms with Crippen LogP contribution in [-0.4, -0.2) is 39.3 Å². The number of hydrogen-bond acceptors (Lipinski definition) is 5. The van der Waals surface area contributed by atoms with Gasteiger partial charge in [0.1, 0.15) is 0 Å². The van der Waals surface area contributed by atoms with E-state index in [1.165, 1.54) is 11.8 Å². The Kier molecular flexibility index (Phi) is 4.24. The summed E-state index contributed by atoms with van der Waals surface area (Å²) in [6.45, 7) is 2.78. The number of amides is 1. The zero-order chi connectivity index (χ0) is 14.7. The van der Waals surface area contributed by atoms with Crippen LogP contribution in [0, 0.1) is 0 Å². The molecule has 1 amide bonds. The van der Waals surface area contributed by atoms with Crippen LogP contribution in [0.3, 0.4) is 0 Å². The first-order chi connectivity index (χ1) is 10.3. The smallest absolute Gasteiger partial charge is 0.277 e. The average molecular weight is 303 g/mol. The van der Waals surface area contributed by atoms with Crippen molar-refractivity contribution in [3.63, 3.8) is 0 Å². The Hall–Kier alpha value is -1.82. The maximum atomic E-state index is 12.1. The lowest BCUT2D eigenvalue weighted by atomic mass is 10.2. The number of carbonyl (C=O) groups is 1. The first-order valence-electron chi connectivity index (χ1n) is 7.09. The number of nitrogens with zero attached hydrogens (tertiary/aromatic N) is 3. The lowest BCUT2D eigenvalue weighted by Gasteiger charge is -2.19. The predicted octanol–water partition coefficient (Wildman–Crippen LogP) is 2.84. The topological polar surface area (TPSA) is 59.2 Å². The summed E-state index contributed by atoms with van der Waals surface area (Å²) in [5, 5.41) is 8.44. The summed E-state index contributed by atoms with van der Waals surface area (Å²) < 4.78 is 5.58. The number of hydrogen-bond donors (Lipinski definition) is 0. The van der Waals surface area contributed by atoms with Crippen molar-refractivity contribution in [3.05, 3.63) is 30.3 Å². The largest absolute Gasteiger partial charge is 0.411 e. The van der Waals surface area contributed by atoms with Crippen molar-refractivity contribution < 1.29 is 9.21 Å². The molecule has 0 saturated heterocycles. The van der Waals surface area contributed by atoms with Crippen LogP contribution in [0.4, 0.5) is 0 Å². The second-order valence-corrected chi connectivity index (χ2v) is 5.87. The molecule has 1 saturated carbocycles. The fraction of sp³-hybridized carbons (Fsp3) is 0.400. The van der Waals surface area contributed by atoms with Gasteiger partial charge in [-0.15, -0.1) is 10.2 Å². The van der Waals surface area contributed by atoms with Crippen molar-refractivity contribution >= 4 is 17.7 Å². The molecule has 1 aliphatic carbocycles. The van der Waals surface area contributed by atoms with Crippen LogP contribution in [-0.2, 0) is 4.79 Å². The first kappa shape index (κ1) is 14.1. The Bertz CT molecular complexity index is 610. The van der Waals surface area contributed by atoms with Crippen LogP contribution in [0.5, 0.6) is 0 Å². The molecule has 2 aromatic rings. The molecule has 1 aromatic carbocycles. The maximum absolute atomic E-state index is 12.1. The molecule has 0 unspecified atom stereocenters. The van der Waals surface area contributed by atoms with Gasteiger partial charge >= 0.3 is 0 Å². The highest BCUT2D eigenvalue weighted by Crippen LogP contribution is 2.28. The quantitative estimate of drug-likeness (QED) is 0.768. The van der Waals surface area contributed by atoms with Crippen molar-refractivity contribution in [3.8, 4) is 11.5 Å². The van der Waals surface area contributed by atoms with Crippen LogP contribution in [0.2, 0.25) is 0 Å². The highest BCUT2D eigenvalue weighted by atomic mass is 32.2. The van der Waals surface area contributed by atoms with E-state index in [0.717, 1.165) is 24.9 Å². The zero-order valence-corrected chi connectivity index (χ0v) is 12.7. The normalized spacial score (nSPS) is 14.1. The van der Waals surface area contributed by atoms with Gasteiger partial charge in [-0.05, 0) is 31.9 Å². The van der Waals surface area contributed by atoms with Crippen LogP contribution < -0.4 is 0 Å². The fourth-order valence-electron chi connectivity index (χ4n) is 2.20. The van der Waals surface area contributed by atoms with E-state index in [1.807, 2.05) is 42.2 Å². The first-order valence-corrected chi connectivity index (χ1v) is 8.07. The molecule has 1 fully saturated rings. The van der Waals surface area contributed by atoms with E-state index < -0.39 is 0 Å². The van der Waals surface area contributed by atoms with Gasteiger partial charge in [-0.3, -0.25) is 4.79 Å². The van der Waals surface area contributed by atoms with E-state index in [9.17, 15) is 4.79 Å². The Balaban J connectivity index is 1.59. The molecular weight excluding hydrogens is 286 g/mol. The predicted molar refractivity (Wildman–Crippen MR) is 80.9 cm³/mol. The lowest BCUT2D eigenvalue weighted by molar-refractivity contribution is -0.128. The van der Waals surface area contributed by atoms with Gasteiger partial charge in [0.15, 0.2) is 0 Å². The summed E-state index contributed by atoms with van der Waals surface area (Å²) >= 11 is 1.30. The molecule has 0 N–H and O–H groups in total. The highest BCUT2D eigenvalue weighted by Gasteiger charge is 2.31. The van der Waals surface area contributed by atoms with Crippen LogP contribution in [0.1, 0.15) is 19.8 Å². The van der Waals surface area contributed by atoms with Crippen molar-refractivity contribution in [1.82, 2.24) is 15.1 Å². The van der Waals surface area contributed by atoms with Gasteiger partial charge in [0, 0.05) is 18.2 Å². The molecule has 1 aliphatic rings. The molecule has 0 atom stereocenters. The van der Waals surface area contributed by atoms with E-state index in [1.54, 1.807) is 0 Å².